The van der Waals surface area contributed by atoms with E-state index in [1.807, 2.05) is 38.1 Å². The zero-order valence-electron chi connectivity index (χ0n) is 18.2. The molecule has 0 spiro atoms. The van der Waals surface area contributed by atoms with Crippen LogP contribution >= 0.6 is 0 Å². The lowest BCUT2D eigenvalue weighted by Gasteiger charge is -2.17. The van der Waals surface area contributed by atoms with Gasteiger partial charge in [0.15, 0.2) is 6.79 Å². The molecule has 160 valence electrons. The molecule has 1 rings (SSSR count). The van der Waals surface area contributed by atoms with E-state index >= 15 is 0 Å². The maximum absolute atomic E-state index is 12.0. The number of hydrogen-bond donors (Lipinski definition) is 0. The van der Waals surface area contributed by atoms with Gasteiger partial charge >= 0.3 is 5.97 Å². The van der Waals surface area contributed by atoms with E-state index < -0.39 is 6.29 Å². The molecule has 0 radical (unpaired) electrons. The highest BCUT2D eigenvalue weighted by atomic mass is 16.8. The fraction of sp³-hybridized carbons (Fsp3) is 0.708. The van der Waals surface area contributed by atoms with E-state index in [0.29, 0.717) is 12.8 Å². The Hall–Kier alpha value is -1.55. The monoisotopic (exact) mass is 392 g/mol. The minimum absolute atomic E-state index is 0.0765. The molecule has 0 aliphatic carbocycles. The Morgan fingerprint density at radius 3 is 2.00 bits per heavy atom. The highest BCUT2D eigenvalue weighted by molar-refractivity contribution is 5.69. The lowest BCUT2D eigenvalue weighted by atomic mass is 10.1. The summed E-state index contributed by atoms with van der Waals surface area (Å²) < 4.78 is 16.5. The molecule has 4 nitrogen and oxygen atoms in total. The van der Waals surface area contributed by atoms with Gasteiger partial charge in [-0.1, -0.05) is 89.3 Å². The predicted octanol–water partition coefficient (Wildman–Crippen LogP) is 6.94. The molecule has 28 heavy (non-hydrogen) atoms. The third-order valence-electron chi connectivity index (χ3n) is 4.83. The van der Waals surface area contributed by atoms with Crippen LogP contribution in [0.4, 0.5) is 0 Å². The zero-order valence-corrected chi connectivity index (χ0v) is 18.2. The number of benzene rings is 1. The van der Waals surface area contributed by atoms with Gasteiger partial charge in [0.25, 0.3) is 0 Å². The highest BCUT2D eigenvalue weighted by Gasteiger charge is 2.13. The molecule has 0 aromatic heterocycles. The number of esters is 1. The van der Waals surface area contributed by atoms with Crippen LogP contribution in [0.15, 0.2) is 24.3 Å². The average molecular weight is 393 g/mol. The summed E-state index contributed by atoms with van der Waals surface area (Å²) in [5, 5.41) is 0. The fourth-order valence-corrected chi connectivity index (χ4v) is 3.01. The van der Waals surface area contributed by atoms with E-state index in [2.05, 4.69) is 6.92 Å². The summed E-state index contributed by atoms with van der Waals surface area (Å²) in [6, 6.07) is 7.77. The molecular formula is C24H40O4. The second-order valence-corrected chi connectivity index (χ2v) is 7.50. The maximum atomic E-state index is 12.0. The van der Waals surface area contributed by atoms with Gasteiger partial charge in [-0.2, -0.15) is 0 Å². The molecule has 1 atom stereocenters. The number of rotatable bonds is 17. The smallest absolute Gasteiger partial charge is 0.308 e. The second kappa shape index (κ2) is 16.4. The van der Waals surface area contributed by atoms with Crippen LogP contribution in [0.3, 0.4) is 0 Å². The van der Waals surface area contributed by atoms with Gasteiger partial charge in [0, 0.05) is 12.8 Å². The molecule has 0 heterocycles. The molecule has 0 aliphatic rings. The normalized spacial score (nSPS) is 12.0. The fourth-order valence-electron chi connectivity index (χ4n) is 3.01. The van der Waals surface area contributed by atoms with Crippen LogP contribution in [0.25, 0.3) is 0 Å². The number of carbonyl (C=O) groups is 1. The van der Waals surface area contributed by atoms with Crippen molar-refractivity contribution in [2.24, 2.45) is 0 Å². The van der Waals surface area contributed by atoms with Crippen molar-refractivity contribution in [1.82, 2.24) is 0 Å². The van der Waals surface area contributed by atoms with Crippen molar-refractivity contribution in [2.45, 2.75) is 104 Å². The number of aryl methyl sites for hydroxylation is 1. The largest absolute Gasteiger partial charge is 0.467 e. The van der Waals surface area contributed by atoms with Crippen LogP contribution in [0.1, 0.15) is 96.5 Å². The van der Waals surface area contributed by atoms with Gasteiger partial charge < -0.3 is 14.2 Å². The molecule has 0 amide bonds. The Bertz CT molecular complexity index is 498. The Labute approximate surface area is 172 Å². The van der Waals surface area contributed by atoms with Gasteiger partial charge in [0.2, 0.25) is 6.29 Å². The maximum Gasteiger partial charge on any atom is 0.308 e. The van der Waals surface area contributed by atoms with E-state index in [4.69, 9.17) is 14.2 Å². The highest BCUT2D eigenvalue weighted by Crippen LogP contribution is 2.14. The van der Waals surface area contributed by atoms with Crippen LogP contribution in [0.5, 0.6) is 5.75 Å². The first-order valence-corrected chi connectivity index (χ1v) is 11.2. The molecule has 0 bridgehead atoms. The predicted molar refractivity (Wildman–Crippen MR) is 114 cm³/mol. The molecule has 0 N–H and O–H groups in total. The summed E-state index contributed by atoms with van der Waals surface area (Å²) in [5.74, 6) is 0.568. The molecule has 0 saturated carbocycles. The third kappa shape index (κ3) is 12.8. The van der Waals surface area contributed by atoms with Crippen LogP contribution in [0, 0.1) is 6.92 Å². The molecule has 1 aromatic rings. The van der Waals surface area contributed by atoms with Gasteiger partial charge in [-0.25, -0.2) is 0 Å². The third-order valence-corrected chi connectivity index (χ3v) is 4.83. The van der Waals surface area contributed by atoms with Crippen molar-refractivity contribution < 1.29 is 19.0 Å². The molecule has 0 aliphatic heterocycles. The Morgan fingerprint density at radius 1 is 0.857 bits per heavy atom. The second-order valence-electron chi connectivity index (χ2n) is 7.50. The van der Waals surface area contributed by atoms with Gasteiger partial charge in [-0.3, -0.25) is 4.79 Å². The summed E-state index contributed by atoms with van der Waals surface area (Å²) in [6.45, 7) is 6.29. The van der Waals surface area contributed by atoms with Crippen molar-refractivity contribution in [1.29, 1.82) is 0 Å². The lowest BCUT2D eigenvalue weighted by molar-refractivity contribution is -0.192. The van der Waals surface area contributed by atoms with E-state index in [0.717, 1.165) is 18.6 Å². The summed E-state index contributed by atoms with van der Waals surface area (Å²) in [6.07, 6.45) is 13.1. The van der Waals surface area contributed by atoms with E-state index in [-0.39, 0.29) is 12.8 Å². The van der Waals surface area contributed by atoms with Crippen molar-refractivity contribution in [3.8, 4) is 5.75 Å². The zero-order chi connectivity index (χ0) is 20.5. The van der Waals surface area contributed by atoms with Crippen LogP contribution in [0.2, 0.25) is 0 Å². The Balaban J connectivity index is 2.02. The minimum atomic E-state index is -0.541. The lowest BCUT2D eigenvalue weighted by Crippen LogP contribution is -2.22. The molecule has 0 fully saturated rings. The van der Waals surface area contributed by atoms with E-state index in [9.17, 15) is 4.79 Å². The minimum Gasteiger partial charge on any atom is -0.467 e. The first kappa shape index (κ1) is 24.5. The van der Waals surface area contributed by atoms with Crippen LogP contribution in [-0.2, 0) is 14.3 Å². The van der Waals surface area contributed by atoms with E-state index in [1.165, 1.54) is 56.9 Å². The number of ether oxygens (including phenoxy) is 3. The first-order chi connectivity index (χ1) is 13.7. The van der Waals surface area contributed by atoms with Crippen LogP contribution in [-0.4, -0.2) is 19.1 Å². The summed E-state index contributed by atoms with van der Waals surface area (Å²) >= 11 is 0. The summed E-state index contributed by atoms with van der Waals surface area (Å²) in [4.78, 5) is 12.0. The van der Waals surface area contributed by atoms with Crippen molar-refractivity contribution >= 4 is 5.97 Å². The van der Waals surface area contributed by atoms with Crippen molar-refractivity contribution in [3.05, 3.63) is 29.8 Å². The van der Waals surface area contributed by atoms with Crippen molar-refractivity contribution in [3.63, 3.8) is 0 Å². The molecule has 1 aromatic carbocycles. The molecular weight excluding hydrogens is 352 g/mol. The number of hydrogen-bond acceptors (Lipinski definition) is 4. The Kier molecular flexibility index (Phi) is 14.4. The standard InChI is InChI=1S/C24H40O4/c1-4-6-7-8-9-10-11-12-13-14-15-23(25)28-24(5-2)27-20-26-22-18-16-21(3)17-19-22/h16-19,24H,4-15,20H2,1-3H3. The SMILES string of the molecule is CCCCCCCCCCCCC(=O)OC(CC)OCOc1ccc(C)cc1. The summed E-state index contributed by atoms with van der Waals surface area (Å²) in [7, 11) is 0. The van der Waals surface area contributed by atoms with Crippen LogP contribution < -0.4 is 4.74 Å². The van der Waals surface area contributed by atoms with Gasteiger partial charge in [-0.05, 0) is 25.5 Å². The first-order valence-electron chi connectivity index (χ1n) is 11.2. The number of carbonyl (C=O) groups excluding carboxylic acids is 1. The van der Waals surface area contributed by atoms with Gasteiger partial charge in [0.1, 0.15) is 5.75 Å². The molecule has 4 heteroatoms. The molecule has 0 saturated heterocycles. The van der Waals surface area contributed by atoms with Gasteiger partial charge in [0.05, 0.1) is 0 Å². The average Bonchev–Trinajstić information content (AvgIpc) is 2.70. The van der Waals surface area contributed by atoms with Crippen molar-refractivity contribution in [2.75, 3.05) is 6.79 Å². The Morgan fingerprint density at radius 2 is 1.43 bits per heavy atom. The summed E-state index contributed by atoms with van der Waals surface area (Å²) in [5.41, 5.74) is 1.18. The van der Waals surface area contributed by atoms with E-state index in [1.54, 1.807) is 0 Å². The topological polar surface area (TPSA) is 44.8 Å². The van der Waals surface area contributed by atoms with Gasteiger partial charge in [-0.15, -0.1) is 0 Å². The molecule has 1 unspecified atom stereocenters. The quantitative estimate of drug-likeness (QED) is 0.164. The number of unbranched alkanes of at least 4 members (excludes halogenated alkanes) is 9.